The second-order valence-electron chi connectivity index (χ2n) is 5.81. The first-order valence-corrected chi connectivity index (χ1v) is 6.42. The van der Waals surface area contributed by atoms with Crippen molar-refractivity contribution in [3.63, 3.8) is 0 Å². The van der Waals surface area contributed by atoms with Crippen LogP contribution < -0.4 is 0 Å². The van der Waals surface area contributed by atoms with Crippen LogP contribution >= 0.6 is 0 Å². The molecule has 2 unspecified atom stereocenters. The number of rotatable bonds is 5. The molecule has 0 saturated carbocycles. The number of carboxylic acids is 1. The number of aliphatic carboxylic acids is 1. The van der Waals surface area contributed by atoms with E-state index in [0.717, 1.165) is 32.5 Å². The number of nitrogens with zero attached hydrogens (tertiary/aromatic N) is 1. The molecule has 0 aromatic carbocycles. The summed E-state index contributed by atoms with van der Waals surface area (Å²) in [6.07, 6.45) is 2.22. The summed E-state index contributed by atoms with van der Waals surface area (Å²) in [7, 11) is 0. The molecule has 1 N–H and O–H groups in total. The summed E-state index contributed by atoms with van der Waals surface area (Å²) in [6, 6.07) is 0. The largest absolute Gasteiger partial charge is 0.481 e. The topological polar surface area (TPSA) is 49.8 Å². The number of morpholine rings is 1. The van der Waals surface area contributed by atoms with Crippen LogP contribution in [0, 0.1) is 5.41 Å². The second kappa shape index (κ2) is 5.83. The van der Waals surface area contributed by atoms with Gasteiger partial charge in [0.1, 0.15) is 0 Å². The maximum absolute atomic E-state index is 11.0. The first-order valence-electron chi connectivity index (χ1n) is 6.42. The molecule has 100 valence electrons. The van der Waals surface area contributed by atoms with E-state index in [1.54, 1.807) is 13.8 Å². The molecule has 1 heterocycles. The number of carboxylic acid groups (broad SMARTS) is 1. The maximum atomic E-state index is 11.0. The minimum Gasteiger partial charge on any atom is -0.481 e. The highest BCUT2D eigenvalue weighted by Crippen LogP contribution is 2.23. The molecule has 0 aromatic heterocycles. The lowest BCUT2D eigenvalue weighted by Gasteiger charge is -2.35. The summed E-state index contributed by atoms with van der Waals surface area (Å²) < 4.78 is 5.67. The molecule has 0 radical (unpaired) electrons. The molecule has 1 aliphatic heterocycles. The highest BCUT2D eigenvalue weighted by atomic mass is 16.5. The predicted octanol–water partition coefficient (Wildman–Crippen LogP) is 1.99. The van der Waals surface area contributed by atoms with Gasteiger partial charge in [0.25, 0.3) is 0 Å². The van der Waals surface area contributed by atoms with Gasteiger partial charge in [-0.25, -0.2) is 0 Å². The fourth-order valence-electron chi connectivity index (χ4n) is 2.32. The Balaban J connectivity index is 2.29. The van der Waals surface area contributed by atoms with Crippen LogP contribution in [0.4, 0.5) is 0 Å². The summed E-state index contributed by atoms with van der Waals surface area (Å²) in [4.78, 5) is 13.3. The number of hydrogen-bond donors (Lipinski definition) is 1. The fourth-order valence-corrected chi connectivity index (χ4v) is 2.32. The molecule has 1 aliphatic rings. The van der Waals surface area contributed by atoms with Gasteiger partial charge in [-0.1, -0.05) is 0 Å². The standard InChI is InChI=1S/C13H25NO3/c1-10-8-14(9-11(2)17-10)7-5-6-13(3,4)12(15)16/h10-11H,5-9H2,1-4H3,(H,15,16). The van der Waals surface area contributed by atoms with Gasteiger partial charge in [0.2, 0.25) is 0 Å². The quantitative estimate of drug-likeness (QED) is 0.802. The van der Waals surface area contributed by atoms with Crippen LogP contribution in [-0.4, -0.2) is 47.8 Å². The minimum absolute atomic E-state index is 0.284. The molecule has 1 rings (SSSR count). The molecule has 0 amide bonds. The molecule has 0 spiro atoms. The number of ether oxygens (including phenoxy) is 1. The summed E-state index contributed by atoms with van der Waals surface area (Å²) in [5.41, 5.74) is -0.608. The van der Waals surface area contributed by atoms with Gasteiger partial charge in [-0.2, -0.15) is 0 Å². The van der Waals surface area contributed by atoms with E-state index >= 15 is 0 Å². The molecule has 0 aliphatic carbocycles. The summed E-state index contributed by atoms with van der Waals surface area (Å²) in [5, 5.41) is 9.03. The summed E-state index contributed by atoms with van der Waals surface area (Å²) in [6.45, 7) is 10.6. The van der Waals surface area contributed by atoms with E-state index in [2.05, 4.69) is 18.7 Å². The Hall–Kier alpha value is -0.610. The van der Waals surface area contributed by atoms with E-state index in [0.29, 0.717) is 0 Å². The monoisotopic (exact) mass is 243 g/mol. The van der Waals surface area contributed by atoms with Crippen molar-refractivity contribution in [1.82, 2.24) is 4.90 Å². The van der Waals surface area contributed by atoms with E-state index in [1.807, 2.05) is 0 Å². The Morgan fingerprint density at radius 2 is 1.88 bits per heavy atom. The SMILES string of the molecule is CC1CN(CCCC(C)(C)C(=O)O)CC(C)O1. The van der Waals surface area contributed by atoms with Gasteiger partial charge < -0.3 is 9.84 Å². The van der Waals surface area contributed by atoms with Gasteiger partial charge in [0.15, 0.2) is 0 Å². The fraction of sp³-hybridized carbons (Fsp3) is 0.923. The Bertz CT molecular complexity index is 255. The van der Waals surface area contributed by atoms with Crippen LogP contribution in [0.3, 0.4) is 0 Å². The van der Waals surface area contributed by atoms with Crippen LogP contribution in [-0.2, 0) is 9.53 Å². The lowest BCUT2D eigenvalue weighted by Crippen LogP contribution is -2.45. The van der Waals surface area contributed by atoms with E-state index in [1.165, 1.54) is 0 Å². The highest BCUT2D eigenvalue weighted by Gasteiger charge is 2.27. The molecule has 4 heteroatoms. The third kappa shape index (κ3) is 4.64. The first-order chi connectivity index (χ1) is 7.81. The van der Waals surface area contributed by atoms with E-state index in [9.17, 15) is 4.79 Å². The van der Waals surface area contributed by atoms with Crippen molar-refractivity contribution in [1.29, 1.82) is 0 Å². The van der Waals surface area contributed by atoms with Crippen LogP contribution in [0.25, 0.3) is 0 Å². The number of hydrogen-bond acceptors (Lipinski definition) is 3. The van der Waals surface area contributed by atoms with Gasteiger partial charge in [0, 0.05) is 13.1 Å². The molecule has 1 saturated heterocycles. The second-order valence-corrected chi connectivity index (χ2v) is 5.81. The van der Waals surface area contributed by atoms with Gasteiger partial charge in [-0.05, 0) is 47.1 Å². The van der Waals surface area contributed by atoms with Crippen LogP contribution in [0.2, 0.25) is 0 Å². The Morgan fingerprint density at radius 3 is 2.35 bits per heavy atom. The Kier molecular flexibility index (Phi) is 4.95. The summed E-state index contributed by atoms with van der Waals surface area (Å²) in [5.74, 6) is -0.707. The first kappa shape index (κ1) is 14.5. The smallest absolute Gasteiger partial charge is 0.309 e. The van der Waals surface area contributed by atoms with Crippen LogP contribution in [0.5, 0.6) is 0 Å². The van der Waals surface area contributed by atoms with E-state index in [-0.39, 0.29) is 12.2 Å². The maximum Gasteiger partial charge on any atom is 0.309 e. The lowest BCUT2D eigenvalue weighted by molar-refractivity contribution is -0.147. The van der Waals surface area contributed by atoms with Crippen molar-refractivity contribution in [2.24, 2.45) is 5.41 Å². The molecular weight excluding hydrogens is 218 g/mol. The van der Waals surface area contributed by atoms with Gasteiger partial charge >= 0.3 is 5.97 Å². The van der Waals surface area contributed by atoms with E-state index < -0.39 is 11.4 Å². The third-order valence-electron chi connectivity index (χ3n) is 3.35. The van der Waals surface area contributed by atoms with Gasteiger partial charge in [0.05, 0.1) is 17.6 Å². The Labute approximate surface area is 104 Å². The number of carbonyl (C=O) groups is 1. The molecule has 0 aromatic rings. The van der Waals surface area contributed by atoms with Crippen molar-refractivity contribution in [3.8, 4) is 0 Å². The highest BCUT2D eigenvalue weighted by molar-refractivity contribution is 5.73. The zero-order valence-electron chi connectivity index (χ0n) is 11.4. The van der Waals surface area contributed by atoms with Crippen LogP contribution in [0.15, 0.2) is 0 Å². The zero-order chi connectivity index (χ0) is 13.1. The van der Waals surface area contributed by atoms with Crippen molar-refractivity contribution in [2.45, 2.75) is 52.7 Å². The van der Waals surface area contributed by atoms with Crippen molar-refractivity contribution in [3.05, 3.63) is 0 Å². The molecular formula is C13H25NO3. The van der Waals surface area contributed by atoms with Gasteiger partial charge in [-0.15, -0.1) is 0 Å². The summed E-state index contributed by atoms with van der Waals surface area (Å²) >= 11 is 0. The van der Waals surface area contributed by atoms with Crippen LogP contribution in [0.1, 0.15) is 40.5 Å². The van der Waals surface area contributed by atoms with E-state index in [4.69, 9.17) is 9.84 Å². The van der Waals surface area contributed by atoms with Crippen molar-refractivity contribution in [2.75, 3.05) is 19.6 Å². The minimum atomic E-state index is -0.707. The average Bonchev–Trinajstić information content (AvgIpc) is 2.15. The molecule has 2 atom stereocenters. The van der Waals surface area contributed by atoms with Crippen molar-refractivity contribution >= 4 is 5.97 Å². The van der Waals surface area contributed by atoms with Gasteiger partial charge in [-0.3, -0.25) is 9.69 Å². The molecule has 1 fully saturated rings. The molecule has 4 nitrogen and oxygen atoms in total. The average molecular weight is 243 g/mol. The predicted molar refractivity (Wildman–Crippen MR) is 67.1 cm³/mol. The Morgan fingerprint density at radius 1 is 1.35 bits per heavy atom. The normalized spacial score (nSPS) is 27.1. The zero-order valence-corrected chi connectivity index (χ0v) is 11.4. The lowest BCUT2D eigenvalue weighted by atomic mass is 9.88. The molecule has 17 heavy (non-hydrogen) atoms. The third-order valence-corrected chi connectivity index (χ3v) is 3.35. The van der Waals surface area contributed by atoms with Crippen molar-refractivity contribution < 1.29 is 14.6 Å². The molecule has 0 bridgehead atoms.